The van der Waals surface area contributed by atoms with Crippen molar-refractivity contribution in [2.45, 2.75) is 32.7 Å². The Morgan fingerprint density at radius 3 is 2.43 bits per heavy atom. The second kappa shape index (κ2) is 7.80. The predicted molar refractivity (Wildman–Crippen MR) is 83.7 cm³/mol. The zero-order valence-electron chi connectivity index (χ0n) is 13.6. The molecule has 1 saturated heterocycles. The molecule has 0 radical (unpaired) electrons. The molecular weight excluding hydrogens is 298 g/mol. The minimum atomic E-state index is -0.251. The second-order valence-electron chi connectivity index (χ2n) is 5.70. The van der Waals surface area contributed by atoms with Crippen LogP contribution in [0.25, 0.3) is 0 Å². The summed E-state index contributed by atoms with van der Waals surface area (Å²) in [7, 11) is 0. The summed E-state index contributed by atoms with van der Waals surface area (Å²) in [4.78, 5) is 39.3. The van der Waals surface area contributed by atoms with Crippen LogP contribution in [0.3, 0.4) is 0 Å². The highest BCUT2D eigenvalue weighted by Gasteiger charge is 2.26. The lowest BCUT2D eigenvalue weighted by Crippen LogP contribution is -2.51. The number of piperazine rings is 1. The van der Waals surface area contributed by atoms with E-state index >= 15 is 0 Å². The van der Waals surface area contributed by atoms with Crippen LogP contribution in [-0.4, -0.2) is 59.7 Å². The Kier molecular flexibility index (Phi) is 5.78. The van der Waals surface area contributed by atoms with Gasteiger partial charge in [-0.1, -0.05) is 6.92 Å². The van der Waals surface area contributed by atoms with Crippen molar-refractivity contribution in [1.29, 1.82) is 0 Å². The third-order valence-electron chi connectivity index (χ3n) is 3.98. The van der Waals surface area contributed by atoms with E-state index in [1.807, 2.05) is 13.8 Å². The summed E-state index contributed by atoms with van der Waals surface area (Å²) in [6, 6.07) is 3.36. The molecule has 7 heteroatoms. The fourth-order valence-electron chi connectivity index (χ4n) is 2.39. The maximum Gasteiger partial charge on any atom is 0.289 e. The molecule has 1 unspecified atom stereocenters. The van der Waals surface area contributed by atoms with Crippen LogP contribution in [0.4, 0.5) is 0 Å². The summed E-state index contributed by atoms with van der Waals surface area (Å²) in [6.45, 7) is 5.63. The minimum absolute atomic E-state index is 0.0677. The molecule has 0 aliphatic carbocycles. The molecule has 1 aliphatic rings. The Morgan fingerprint density at radius 2 is 1.87 bits per heavy atom. The Balaban J connectivity index is 1.78. The van der Waals surface area contributed by atoms with E-state index in [0.717, 1.165) is 6.42 Å². The number of hydrogen-bond donors (Lipinski definition) is 1. The molecule has 2 heterocycles. The number of hydrogen-bond acceptors (Lipinski definition) is 4. The third-order valence-corrected chi connectivity index (χ3v) is 3.98. The highest BCUT2D eigenvalue weighted by Crippen LogP contribution is 2.10. The quantitative estimate of drug-likeness (QED) is 0.816. The summed E-state index contributed by atoms with van der Waals surface area (Å²) in [5, 5.41) is 2.78. The van der Waals surface area contributed by atoms with Gasteiger partial charge in [0.15, 0.2) is 5.76 Å². The third kappa shape index (κ3) is 4.58. The Morgan fingerprint density at radius 1 is 1.22 bits per heavy atom. The lowest BCUT2D eigenvalue weighted by Gasteiger charge is -2.34. The van der Waals surface area contributed by atoms with Crippen molar-refractivity contribution in [3.8, 4) is 0 Å². The molecule has 0 bridgehead atoms. The van der Waals surface area contributed by atoms with Crippen molar-refractivity contribution >= 4 is 17.7 Å². The lowest BCUT2D eigenvalue weighted by atomic mass is 10.2. The molecule has 2 rings (SSSR count). The molecular formula is C16H23N3O4. The number of furan rings is 1. The molecule has 3 amide bonds. The van der Waals surface area contributed by atoms with E-state index in [1.54, 1.807) is 21.9 Å². The van der Waals surface area contributed by atoms with Crippen LogP contribution in [0.5, 0.6) is 0 Å². The molecule has 126 valence electrons. The van der Waals surface area contributed by atoms with Gasteiger partial charge in [0.05, 0.1) is 6.26 Å². The molecule has 0 aromatic carbocycles. The van der Waals surface area contributed by atoms with Crippen molar-refractivity contribution in [3.05, 3.63) is 24.2 Å². The van der Waals surface area contributed by atoms with Crippen molar-refractivity contribution in [2.75, 3.05) is 26.2 Å². The molecule has 1 aliphatic heterocycles. The largest absolute Gasteiger partial charge is 0.459 e. The molecule has 1 fully saturated rings. The topological polar surface area (TPSA) is 82.9 Å². The molecule has 23 heavy (non-hydrogen) atoms. The zero-order valence-corrected chi connectivity index (χ0v) is 13.6. The molecule has 7 nitrogen and oxygen atoms in total. The first-order valence-electron chi connectivity index (χ1n) is 7.91. The Hall–Kier alpha value is -2.31. The van der Waals surface area contributed by atoms with Gasteiger partial charge in [0.2, 0.25) is 11.8 Å². The molecule has 0 saturated carbocycles. The van der Waals surface area contributed by atoms with E-state index in [-0.39, 0.29) is 30.2 Å². The van der Waals surface area contributed by atoms with Crippen molar-refractivity contribution < 1.29 is 18.8 Å². The van der Waals surface area contributed by atoms with Gasteiger partial charge in [-0.15, -0.1) is 0 Å². The standard InChI is InChI=1S/C16H23N3O4/c1-3-12(2)17-14(20)11-15(21)18-6-8-19(9-7-18)16(22)13-5-4-10-23-13/h4-5,10,12H,3,6-9,11H2,1-2H3,(H,17,20). The van der Waals surface area contributed by atoms with Gasteiger partial charge in [-0.3, -0.25) is 14.4 Å². The summed E-state index contributed by atoms with van der Waals surface area (Å²) in [6.07, 6.45) is 2.15. The minimum Gasteiger partial charge on any atom is -0.459 e. The van der Waals surface area contributed by atoms with Crippen molar-refractivity contribution in [1.82, 2.24) is 15.1 Å². The average Bonchev–Trinajstić information content (AvgIpc) is 3.08. The molecule has 1 aromatic heterocycles. The van der Waals surface area contributed by atoms with Crippen LogP contribution >= 0.6 is 0 Å². The molecule has 0 spiro atoms. The van der Waals surface area contributed by atoms with E-state index in [2.05, 4.69) is 5.32 Å². The highest BCUT2D eigenvalue weighted by atomic mass is 16.3. The fraction of sp³-hybridized carbons (Fsp3) is 0.562. The van der Waals surface area contributed by atoms with Crippen LogP contribution < -0.4 is 5.32 Å². The van der Waals surface area contributed by atoms with Gasteiger partial charge in [0, 0.05) is 32.2 Å². The van der Waals surface area contributed by atoms with Crippen LogP contribution in [0, 0.1) is 0 Å². The fourth-order valence-corrected chi connectivity index (χ4v) is 2.39. The Bertz CT molecular complexity index is 548. The first-order valence-corrected chi connectivity index (χ1v) is 7.91. The number of carbonyl (C=O) groups excluding carboxylic acids is 3. The molecule has 1 N–H and O–H groups in total. The first-order chi connectivity index (χ1) is 11.0. The maximum atomic E-state index is 12.1. The lowest BCUT2D eigenvalue weighted by molar-refractivity contribution is -0.137. The summed E-state index contributed by atoms with van der Waals surface area (Å²) in [5.41, 5.74) is 0. The highest BCUT2D eigenvalue weighted by molar-refractivity contribution is 5.97. The zero-order chi connectivity index (χ0) is 16.8. The second-order valence-corrected chi connectivity index (χ2v) is 5.70. The van der Waals surface area contributed by atoms with Gasteiger partial charge >= 0.3 is 0 Å². The number of nitrogens with one attached hydrogen (secondary N) is 1. The molecule has 1 aromatic rings. The van der Waals surface area contributed by atoms with Crippen LogP contribution in [0.15, 0.2) is 22.8 Å². The van der Waals surface area contributed by atoms with Gasteiger partial charge in [-0.05, 0) is 25.5 Å². The van der Waals surface area contributed by atoms with Crippen LogP contribution in [-0.2, 0) is 9.59 Å². The monoisotopic (exact) mass is 321 g/mol. The van der Waals surface area contributed by atoms with Gasteiger partial charge in [-0.2, -0.15) is 0 Å². The van der Waals surface area contributed by atoms with Crippen molar-refractivity contribution in [2.24, 2.45) is 0 Å². The Labute approximate surface area is 135 Å². The van der Waals surface area contributed by atoms with Gasteiger partial charge in [0.25, 0.3) is 5.91 Å². The number of amides is 3. The number of carbonyl (C=O) groups is 3. The predicted octanol–water partition coefficient (Wildman–Crippen LogP) is 0.869. The van der Waals surface area contributed by atoms with E-state index < -0.39 is 0 Å². The van der Waals surface area contributed by atoms with Gasteiger partial charge in [0.1, 0.15) is 6.42 Å². The van der Waals surface area contributed by atoms with Crippen LogP contribution in [0.2, 0.25) is 0 Å². The maximum absolute atomic E-state index is 12.1. The van der Waals surface area contributed by atoms with Gasteiger partial charge in [-0.25, -0.2) is 0 Å². The summed E-state index contributed by atoms with van der Waals surface area (Å²) in [5.74, 6) is -0.316. The first kappa shape index (κ1) is 17.1. The van der Waals surface area contributed by atoms with Crippen LogP contribution in [0.1, 0.15) is 37.2 Å². The van der Waals surface area contributed by atoms with Gasteiger partial charge < -0.3 is 19.5 Å². The normalized spacial score (nSPS) is 16.1. The van der Waals surface area contributed by atoms with Crippen molar-refractivity contribution in [3.63, 3.8) is 0 Å². The smallest absolute Gasteiger partial charge is 0.289 e. The van der Waals surface area contributed by atoms with E-state index in [0.29, 0.717) is 31.9 Å². The number of rotatable bonds is 5. The molecule has 1 atom stereocenters. The van der Waals surface area contributed by atoms with E-state index in [1.165, 1.54) is 6.26 Å². The summed E-state index contributed by atoms with van der Waals surface area (Å²) >= 11 is 0. The number of nitrogens with zero attached hydrogens (tertiary/aromatic N) is 2. The average molecular weight is 321 g/mol. The summed E-state index contributed by atoms with van der Waals surface area (Å²) < 4.78 is 5.10. The van der Waals surface area contributed by atoms with E-state index in [9.17, 15) is 14.4 Å². The van der Waals surface area contributed by atoms with E-state index in [4.69, 9.17) is 4.42 Å². The SMILES string of the molecule is CCC(C)NC(=O)CC(=O)N1CCN(C(=O)c2ccco2)CC1.